The van der Waals surface area contributed by atoms with Gasteiger partial charge < -0.3 is 14.4 Å². The van der Waals surface area contributed by atoms with Gasteiger partial charge in [-0.25, -0.2) is 14.6 Å². The fraction of sp³-hybridized carbons (Fsp3) is 0.333. The summed E-state index contributed by atoms with van der Waals surface area (Å²) in [7, 11) is 4.64. The molecule has 1 unspecified atom stereocenters. The molecule has 1 N–H and O–H groups in total. The zero-order valence-electron chi connectivity index (χ0n) is 18.1. The van der Waals surface area contributed by atoms with Crippen LogP contribution in [-0.4, -0.2) is 47.9 Å². The maximum atomic E-state index is 13.2. The number of fused-ring (bicyclic) bond motifs is 1. The summed E-state index contributed by atoms with van der Waals surface area (Å²) in [4.78, 5) is 8.41. The van der Waals surface area contributed by atoms with Crippen LogP contribution in [0.25, 0.3) is 10.9 Å². The van der Waals surface area contributed by atoms with Crippen molar-refractivity contribution in [3.8, 4) is 5.75 Å². The molecule has 12 heteroatoms. The number of methoxy groups -OCH3 is 1. The Labute approximate surface area is 191 Å². The zero-order chi connectivity index (χ0) is 24.1. The molecular formula is C21H20ClF3N6O2. The standard InChI is InChI=1S/C21H20ClF3N6O2/c1-11-26-9-16(30(11)2)21(32,17-10-27-29-31(17)3)12-5-6-15-13(7-12)18(33-4)14(19(22)28-15)8-20(23,24)25/h5-7,9-10,32H,8H2,1-4H3. The minimum Gasteiger partial charge on any atom is -0.496 e. The third kappa shape index (κ3) is 3.80. The summed E-state index contributed by atoms with van der Waals surface area (Å²) in [5.41, 5.74) is -0.653. The number of nitrogens with zero attached hydrogens (tertiary/aromatic N) is 6. The van der Waals surface area contributed by atoms with Crippen LogP contribution in [0.5, 0.6) is 5.75 Å². The fourth-order valence-electron chi connectivity index (χ4n) is 3.94. The lowest BCUT2D eigenvalue weighted by atomic mass is 9.86. The molecule has 0 radical (unpaired) electrons. The second kappa shape index (κ2) is 7.99. The molecule has 174 valence electrons. The SMILES string of the molecule is COc1c(CC(F)(F)F)c(Cl)nc2ccc(C(O)(c3cnnn3C)c3cnc(C)n3C)cc12. The van der Waals surface area contributed by atoms with E-state index in [1.165, 1.54) is 30.3 Å². The molecule has 4 rings (SSSR count). The molecule has 0 bridgehead atoms. The summed E-state index contributed by atoms with van der Waals surface area (Å²) in [6.07, 6.45) is -2.88. The second-order valence-electron chi connectivity index (χ2n) is 7.64. The van der Waals surface area contributed by atoms with Crippen molar-refractivity contribution in [3.05, 3.63) is 64.1 Å². The van der Waals surface area contributed by atoms with Gasteiger partial charge in [0, 0.05) is 25.0 Å². The number of alkyl halides is 3. The van der Waals surface area contributed by atoms with E-state index in [0.29, 0.717) is 28.3 Å². The van der Waals surface area contributed by atoms with Crippen molar-refractivity contribution in [1.82, 2.24) is 29.5 Å². The van der Waals surface area contributed by atoms with E-state index in [-0.39, 0.29) is 21.9 Å². The fourth-order valence-corrected chi connectivity index (χ4v) is 4.18. The molecule has 0 spiro atoms. The first-order valence-corrected chi connectivity index (χ1v) is 10.1. The van der Waals surface area contributed by atoms with E-state index in [0.717, 1.165) is 0 Å². The molecule has 0 saturated carbocycles. The summed E-state index contributed by atoms with van der Waals surface area (Å²) in [6.45, 7) is 1.78. The van der Waals surface area contributed by atoms with Crippen LogP contribution < -0.4 is 4.74 Å². The summed E-state index contributed by atoms with van der Waals surface area (Å²) >= 11 is 6.07. The number of benzene rings is 1. The van der Waals surface area contributed by atoms with E-state index in [2.05, 4.69) is 20.3 Å². The Morgan fingerprint density at radius 3 is 2.42 bits per heavy atom. The first kappa shape index (κ1) is 23.0. The molecule has 1 atom stereocenters. The van der Waals surface area contributed by atoms with Gasteiger partial charge in [0.15, 0.2) is 5.60 Å². The van der Waals surface area contributed by atoms with Gasteiger partial charge in [-0.2, -0.15) is 13.2 Å². The van der Waals surface area contributed by atoms with E-state index in [4.69, 9.17) is 16.3 Å². The molecule has 8 nitrogen and oxygen atoms in total. The van der Waals surface area contributed by atoms with Crippen molar-refractivity contribution >= 4 is 22.5 Å². The quantitative estimate of drug-likeness (QED) is 0.440. The van der Waals surface area contributed by atoms with Gasteiger partial charge in [0.05, 0.1) is 37.1 Å². The minimum atomic E-state index is -4.52. The predicted molar refractivity (Wildman–Crippen MR) is 114 cm³/mol. The Hall–Kier alpha value is -3.18. The molecule has 33 heavy (non-hydrogen) atoms. The molecule has 0 saturated heterocycles. The topological polar surface area (TPSA) is 90.9 Å². The largest absolute Gasteiger partial charge is 0.496 e. The third-order valence-corrected chi connectivity index (χ3v) is 5.97. The molecule has 3 heterocycles. The molecule has 0 aliphatic rings. The van der Waals surface area contributed by atoms with Crippen molar-refractivity contribution in [2.24, 2.45) is 14.1 Å². The number of ether oxygens (including phenoxy) is 1. The Balaban J connectivity index is 2.03. The molecule has 0 fully saturated rings. The van der Waals surface area contributed by atoms with Crippen molar-refractivity contribution in [1.29, 1.82) is 0 Å². The zero-order valence-corrected chi connectivity index (χ0v) is 18.9. The highest BCUT2D eigenvalue weighted by Crippen LogP contribution is 2.41. The Morgan fingerprint density at radius 2 is 1.88 bits per heavy atom. The molecule has 4 aromatic rings. The molecule has 3 aromatic heterocycles. The summed E-state index contributed by atoms with van der Waals surface area (Å²) in [6, 6.07) is 4.71. The Morgan fingerprint density at radius 1 is 1.15 bits per heavy atom. The normalized spacial score (nSPS) is 14.0. The molecule has 1 aromatic carbocycles. The molecule has 0 aliphatic carbocycles. The van der Waals surface area contributed by atoms with Gasteiger partial charge in [0.2, 0.25) is 0 Å². The highest BCUT2D eigenvalue weighted by atomic mass is 35.5. The summed E-state index contributed by atoms with van der Waals surface area (Å²) < 4.78 is 48.1. The van der Waals surface area contributed by atoms with Crippen molar-refractivity contribution in [2.45, 2.75) is 25.1 Å². The monoisotopic (exact) mass is 480 g/mol. The maximum Gasteiger partial charge on any atom is 0.393 e. The first-order valence-electron chi connectivity index (χ1n) is 9.77. The maximum absolute atomic E-state index is 13.2. The van der Waals surface area contributed by atoms with Crippen LogP contribution in [0, 0.1) is 6.92 Å². The van der Waals surface area contributed by atoms with Crippen LogP contribution in [0.15, 0.2) is 30.6 Å². The molecule has 0 aliphatic heterocycles. The number of aryl methyl sites for hydroxylation is 2. The highest BCUT2D eigenvalue weighted by molar-refractivity contribution is 6.31. The number of hydrogen-bond acceptors (Lipinski definition) is 6. The van der Waals surface area contributed by atoms with Crippen molar-refractivity contribution in [3.63, 3.8) is 0 Å². The number of halogens is 4. The van der Waals surface area contributed by atoms with Crippen LogP contribution >= 0.6 is 11.6 Å². The van der Waals surface area contributed by atoms with E-state index >= 15 is 0 Å². The minimum absolute atomic E-state index is 0.0594. The van der Waals surface area contributed by atoms with E-state index in [1.54, 1.807) is 37.7 Å². The van der Waals surface area contributed by atoms with Gasteiger partial charge in [0.25, 0.3) is 0 Å². The van der Waals surface area contributed by atoms with Crippen LogP contribution in [-0.2, 0) is 26.1 Å². The lowest BCUT2D eigenvalue weighted by Crippen LogP contribution is -2.33. The lowest BCUT2D eigenvalue weighted by molar-refractivity contribution is -0.127. The van der Waals surface area contributed by atoms with E-state index in [1.807, 2.05) is 0 Å². The highest BCUT2D eigenvalue weighted by Gasteiger charge is 2.40. The van der Waals surface area contributed by atoms with Crippen LogP contribution in [0.1, 0.15) is 28.3 Å². The van der Waals surface area contributed by atoms with Crippen LogP contribution in [0.2, 0.25) is 5.15 Å². The molecule has 0 amide bonds. The van der Waals surface area contributed by atoms with Gasteiger partial charge in [-0.05, 0) is 24.6 Å². The van der Waals surface area contributed by atoms with Gasteiger partial charge in [-0.3, -0.25) is 0 Å². The van der Waals surface area contributed by atoms with Gasteiger partial charge in [0.1, 0.15) is 22.4 Å². The predicted octanol–water partition coefficient (Wildman–Crippen LogP) is 3.46. The smallest absolute Gasteiger partial charge is 0.393 e. The second-order valence-corrected chi connectivity index (χ2v) is 8.00. The van der Waals surface area contributed by atoms with Crippen molar-refractivity contribution < 1.29 is 23.0 Å². The Bertz CT molecular complexity index is 1350. The van der Waals surface area contributed by atoms with Crippen molar-refractivity contribution in [2.75, 3.05) is 7.11 Å². The van der Waals surface area contributed by atoms with Gasteiger partial charge in [-0.1, -0.05) is 22.9 Å². The number of imidazole rings is 1. The first-order chi connectivity index (χ1) is 15.5. The van der Waals surface area contributed by atoms with E-state index < -0.39 is 18.2 Å². The lowest BCUT2D eigenvalue weighted by Gasteiger charge is -2.29. The van der Waals surface area contributed by atoms with Crippen LogP contribution in [0.4, 0.5) is 13.2 Å². The number of aliphatic hydroxyl groups is 1. The third-order valence-electron chi connectivity index (χ3n) is 5.66. The number of pyridine rings is 1. The Kier molecular flexibility index (Phi) is 5.57. The number of aromatic nitrogens is 6. The number of hydrogen-bond donors (Lipinski definition) is 1. The summed E-state index contributed by atoms with van der Waals surface area (Å²) in [5.74, 6) is 0.591. The summed E-state index contributed by atoms with van der Waals surface area (Å²) in [5, 5.41) is 19.9. The molecular weight excluding hydrogens is 461 g/mol. The van der Waals surface area contributed by atoms with Gasteiger partial charge in [-0.15, -0.1) is 5.10 Å². The van der Waals surface area contributed by atoms with Gasteiger partial charge >= 0.3 is 6.18 Å². The van der Waals surface area contributed by atoms with Crippen LogP contribution in [0.3, 0.4) is 0 Å². The van der Waals surface area contributed by atoms with E-state index in [9.17, 15) is 18.3 Å². The number of rotatable bonds is 5. The average Bonchev–Trinajstić information content (AvgIpc) is 3.33. The average molecular weight is 481 g/mol.